The number of aromatic nitrogens is 2. The molecule has 0 aromatic carbocycles. The van der Waals surface area contributed by atoms with E-state index in [2.05, 4.69) is 20.9 Å². The largest absolute Gasteiger partial charge is 0.355 e. The fourth-order valence-corrected chi connectivity index (χ4v) is 1.71. The van der Waals surface area contributed by atoms with Crippen LogP contribution in [0.25, 0.3) is 0 Å². The van der Waals surface area contributed by atoms with Crippen LogP contribution in [0.15, 0.2) is 6.20 Å². The van der Waals surface area contributed by atoms with Crippen molar-refractivity contribution in [3.63, 3.8) is 0 Å². The van der Waals surface area contributed by atoms with Gasteiger partial charge in [0.25, 0.3) is 0 Å². The number of hydrogen-bond acceptors (Lipinski definition) is 4. The fourth-order valence-electron chi connectivity index (χ4n) is 1.71. The average molecular weight is 188 g/mol. The van der Waals surface area contributed by atoms with Crippen molar-refractivity contribution < 1.29 is 0 Å². The Morgan fingerprint density at radius 1 is 1.43 bits per heavy atom. The molecular formula is C10H12N4. The standard InChI is InChI=1S/C10H12N4/c1-8-12-7-9(6-11)10(13-8)14-4-2-3-5-14/h7H,2-5H2,1H3. The molecule has 1 saturated heterocycles. The van der Waals surface area contributed by atoms with Gasteiger partial charge in [-0.25, -0.2) is 9.97 Å². The van der Waals surface area contributed by atoms with E-state index in [-0.39, 0.29) is 0 Å². The van der Waals surface area contributed by atoms with Crippen molar-refractivity contribution in [3.05, 3.63) is 17.6 Å². The Balaban J connectivity index is 2.39. The Morgan fingerprint density at radius 2 is 2.14 bits per heavy atom. The summed E-state index contributed by atoms with van der Waals surface area (Å²) in [6, 6.07) is 2.13. The van der Waals surface area contributed by atoms with Gasteiger partial charge in [0.2, 0.25) is 0 Å². The van der Waals surface area contributed by atoms with Gasteiger partial charge in [0.15, 0.2) is 0 Å². The first kappa shape index (κ1) is 8.95. The maximum Gasteiger partial charge on any atom is 0.150 e. The molecule has 1 aromatic rings. The van der Waals surface area contributed by atoms with E-state index in [4.69, 9.17) is 5.26 Å². The zero-order valence-corrected chi connectivity index (χ0v) is 8.19. The first-order valence-corrected chi connectivity index (χ1v) is 4.80. The first-order valence-electron chi connectivity index (χ1n) is 4.80. The molecule has 0 unspecified atom stereocenters. The van der Waals surface area contributed by atoms with Crippen molar-refractivity contribution >= 4 is 5.82 Å². The number of hydrogen-bond donors (Lipinski definition) is 0. The topological polar surface area (TPSA) is 52.8 Å². The predicted octanol–water partition coefficient (Wildman–Crippen LogP) is 1.26. The van der Waals surface area contributed by atoms with Gasteiger partial charge in [-0.3, -0.25) is 0 Å². The molecule has 0 saturated carbocycles. The van der Waals surface area contributed by atoms with Crippen LogP contribution < -0.4 is 4.90 Å². The van der Waals surface area contributed by atoms with E-state index in [9.17, 15) is 0 Å². The van der Waals surface area contributed by atoms with E-state index < -0.39 is 0 Å². The lowest BCUT2D eigenvalue weighted by Gasteiger charge is -2.17. The van der Waals surface area contributed by atoms with Crippen LogP contribution in [0.5, 0.6) is 0 Å². The highest BCUT2D eigenvalue weighted by Crippen LogP contribution is 2.20. The average Bonchev–Trinajstić information content (AvgIpc) is 2.70. The zero-order valence-electron chi connectivity index (χ0n) is 8.19. The Morgan fingerprint density at radius 3 is 2.79 bits per heavy atom. The molecule has 2 heterocycles. The van der Waals surface area contributed by atoms with Crippen LogP contribution in [0.2, 0.25) is 0 Å². The molecule has 0 aliphatic carbocycles. The number of rotatable bonds is 1. The van der Waals surface area contributed by atoms with Gasteiger partial charge in [-0.05, 0) is 19.8 Å². The smallest absolute Gasteiger partial charge is 0.150 e. The number of aryl methyl sites for hydroxylation is 1. The fraction of sp³-hybridized carbons (Fsp3) is 0.500. The van der Waals surface area contributed by atoms with E-state index >= 15 is 0 Å². The Labute approximate surface area is 83.2 Å². The van der Waals surface area contributed by atoms with E-state index in [0.29, 0.717) is 5.56 Å². The maximum atomic E-state index is 8.91. The summed E-state index contributed by atoms with van der Waals surface area (Å²) < 4.78 is 0. The normalized spacial score (nSPS) is 15.6. The monoisotopic (exact) mass is 188 g/mol. The summed E-state index contributed by atoms with van der Waals surface area (Å²) in [7, 11) is 0. The second-order valence-electron chi connectivity index (χ2n) is 3.46. The third kappa shape index (κ3) is 1.53. The molecule has 0 atom stereocenters. The van der Waals surface area contributed by atoms with Crippen molar-refractivity contribution in [3.8, 4) is 6.07 Å². The molecular weight excluding hydrogens is 176 g/mol. The minimum atomic E-state index is 0.581. The van der Waals surface area contributed by atoms with Crippen LogP contribution in [0.1, 0.15) is 24.2 Å². The minimum absolute atomic E-state index is 0.581. The van der Waals surface area contributed by atoms with Crippen molar-refractivity contribution in [2.24, 2.45) is 0 Å². The highest BCUT2D eigenvalue weighted by molar-refractivity contribution is 5.53. The molecule has 1 fully saturated rings. The van der Waals surface area contributed by atoms with Crippen LogP contribution in [0, 0.1) is 18.3 Å². The molecule has 0 radical (unpaired) electrons. The van der Waals surface area contributed by atoms with Gasteiger partial charge in [0.1, 0.15) is 23.3 Å². The molecule has 1 aliphatic rings. The lowest BCUT2D eigenvalue weighted by atomic mass is 10.3. The molecule has 0 bridgehead atoms. The number of nitrogens with zero attached hydrogens (tertiary/aromatic N) is 4. The zero-order chi connectivity index (χ0) is 9.97. The quantitative estimate of drug-likeness (QED) is 0.665. The van der Waals surface area contributed by atoms with Gasteiger partial charge in [0, 0.05) is 13.1 Å². The highest BCUT2D eigenvalue weighted by Gasteiger charge is 2.17. The van der Waals surface area contributed by atoms with Crippen LogP contribution in [0.4, 0.5) is 5.82 Å². The van der Waals surface area contributed by atoms with Gasteiger partial charge in [0.05, 0.1) is 6.20 Å². The summed E-state index contributed by atoms with van der Waals surface area (Å²) in [6.07, 6.45) is 3.98. The molecule has 1 aliphatic heterocycles. The Hall–Kier alpha value is -1.63. The second kappa shape index (κ2) is 3.62. The molecule has 0 N–H and O–H groups in total. The van der Waals surface area contributed by atoms with Gasteiger partial charge < -0.3 is 4.90 Å². The Kier molecular flexibility index (Phi) is 2.32. The number of nitriles is 1. The second-order valence-corrected chi connectivity index (χ2v) is 3.46. The van der Waals surface area contributed by atoms with E-state index in [1.54, 1.807) is 6.20 Å². The van der Waals surface area contributed by atoms with Crippen LogP contribution in [0.3, 0.4) is 0 Å². The SMILES string of the molecule is Cc1ncc(C#N)c(N2CCCC2)n1. The van der Waals surface area contributed by atoms with Crippen LogP contribution in [-0.4, -0.2) is 23.1 Å². The lowest BCUT2D eigenvalue weighted by Crippen LogP contribution is -2.20. The maximum absolute atomic E-state index is 8.91. The first-order chi connectivity index (χ1) is 6.81. The summed E-state index contributed by atoms with van der Waals surface area (Å²) in [6.45, 7) is 3.86. The molecule has 0 spiro atoms. The summed E-state index contributed by atoms with van der Waals surface area (Å²) >= 11 is 0. The molecule has 2 rings (SSSR count). The minimum Gasteiger partial charge on any atom is -0.355 e. The van der Waals surface area contributed by atoms with Crippen molar-refractivity contribution in [2.75, 3.05) is 18.0 Å². The number of anilines is 1. The van der Waals surface area contributed by atoms with Crippen molar-refractivity contribution in [1.29, 1.82) is 5.26 Å². The van der Waals surface area contributed by atoms with E-state index in [1.807, 2.05) is 6.92 Å². The van der Waals surface area contributed by atoms with Gasteiger partial charge >= 0.3 is 0 Å². The molecule has 14 heavy (non-hydrogen) atoms. The van der Waals surface area contributed by atoms with Crippen molar-refractivity contribution in [1.82, 2.24) is 9.97 Å². The molecule has 0 amide bonds. The van der Waals surface area contributed by atoms with Gasteiger partial charge in [-0.1, -0.05) is 0 Å². The van der Waals surface area contributed by atoms with Crippen LogP contribution >= 0.6 is 0 Å². The molecule has 72 valence electrons. The molecule has 4 nitrogen and oxygen atoms in total. The van der Waals surface area contributed by atoms with E-state index in [1.165, 1.54) is 12.8 Å². The molecule has 4 heteroatoms. The highest BCUT2D eigenvalue weighted by atomic mass is 15.2. The van der Waals surface area contributed by atoms with Crippen molar-refractivity contribution in [2.45, 2.75) is 19.8 Å². The summed E-state index contributed by atoms with van der Waals surface area (Å²) in [5, 5.41) is 8.91. The van der Waals surface area contributed by atoms with Crippen LogP contribution in [-0.2, 0) is 0 Å². The molecule has 1 aromatic heterocycles. The third-order valence-corrected chi connectivity index (χ3v) is 2.42. The Bertz CT molecular complexity index is 374. The predicted molar refractivity (Wildman–Crippen MR) is 52.9 cm³/mol. The summed E-state index contributed by atoms with van der Waals surface area (Å²) in [4.78, 5) is 10.5. The third-order valence-electron chi connectivity index (χ3n) is 2.42. The van der Waals surface area contributed by atoms with E-state index in [0.717, 1.165) is 24.7 Å². The van der Waals surface area contributed by atoms with Gasteiger partial charge in [-0.2, -0.15) is 5.26 Å². The lowest BCUT2D eigenvalue weighted by molar-refractivity contribution is 0.905. The summed E-state index contributed by atoms with van der Waals surface area (Å²) in [5.41, 5.74) is 0.581. The summed E-state index contributed by atoms with van der Waals surface area (Å²) in [5.74, 6) is 1.53. The van der Waals surface area contributed by atoms with Gasteiger partial charge in [-0.15, -0.1) is 0 Å².